The average Bonchev–Trinajstić information content (AvgIpc) is 3.44. The third-order valence-corrected chi connectivity index (χ3v) is 6.77. The van der Waals surface area contributed by atoms with E-state index in [1.807, 2.05) is 30.5 Å². The molecule has 8 heteroatoms. The highest BCUT2D eigenvalue weighted by Crippen LogP contribution is 2.35. The molecule has 0 bridgehead atoms. The van der Waals surface area contributed by atoms with Crippen molar-refractivity contribution in [2.45, 2.75) is 39.7 Å². The maximum Gasteiger partial charge on any atom is 0.340 e. The van der Waals surface area contributed by atoms with Gasteiger partial charge < -0.3 is 18.9 Å². The maximum absolute atomic E-state index is 13.4. The van der Waals surface area contributed by atoms with Crippen molar-refractivity contribution in [3.63, 3.8) is 0 Å². The van der Waals surface area contributed by atoms with Crippen molar-refractivity contribution < 1.29 is 19.1 Å². The second-order valence-corrected chi connectivity index (χ2v) is 9.16. The number of carbonyl (C=O) groups is 2. The van der Waals surface area contributed by atoms with Crippen molar-refractivity contribution in [3.05, 3.63) is 68.1 Å². The Kier molecular flexibility index (Phi) is 6.71. The fourth-order valence-electron chi connectivity index (χ4n) is 4.56. The van der Waals surface area contributed by atoms with E-state index in [0.717, 1.165) is 35.5 Å². The molecule has 1 aromatic carbocycles. The van der Waals surface area contributed by atoms with Gasteiger partial charge in [0.25, 0.3) is 5.91 Å². The van der Waals surface area contributed by atoms with Crippen LogP contribution in [-0.2, 0) is 19.1 Å². The molecule has 0 aliphatic carbocycles. The zero-order valence-electron chi connectivity index (χ0n) is 19.1. The summed E-state index contributed by atoms with van der Waals surface area (Å²) < 4.78 is 12.7. The molecule has 6 nitrogen and oxygen atoms in total. The number of hydrogen-bond donors (Lipinski definition) is 0. The molecule has 0 radical (unpaired) electrons. The summed E-state index contributed by atoms with van der Waals surface area (Å²) in [6.45, 7) is 6.80. The summed E-state index contributed by atoms with van der Waals surface area (Å²) in [5, 5.41) is 1.08. The van der Waals surface area contributed by atoms with Crippen LogP contribution in [0.4, 0.5) is 0 Å². The minimum absolute atomic E-state index is 0.0285. The Morgan fingerprint density at radius 3 is 2.64 bits per heavy atom. The summed E-state index contributed by atoms with van der Waals surface area (Å²) in [6.07, 6.45) is 3.60. The number of carbonyl (C=O) groups excluding carboxylic acids is 2. The van der Waals surface area contributed by atoms with E-state index in [-0.39, 0.29) is 17.6 Å². The molecule has 3 heterocycles. The van der Waals surface area contributed by atoms with Crippen LogP contribution in [0.2, 0.25) is 10.0 Å². The molecule has 1 amide bonds. The lowest BCUT2D eigenvalue weighted by Gasteiger charge is -2.21. The van der Waals surface area contributed by atoms with Crippen molar-refractivity contribution in [3.8, 4) is 5.69 Å². The number of benzene rings is 1. The van der Waals surface area contributed by atoms with Gasteiger partial charge in [0, 0.05) is 28.7 Å². The first-order valence-electron chi connectivity index (χ1n) is 10.8. The van der Waals surface area contributed by atoms with Gasteiger partial charge in [-0.2, -0.15) is 0 Å². The minimum atomic E-state index is -0.531. The zero-order chi connectivity index (χ0) is 23.9. The lowest BCUT2D eigenvalue weighted by Crippen LogP contribution is -2.33. The molecule has 2 aliphatic heterocycles. The van der Waals surface area contributed by atoms with E-state index in [1.165, 1.54) is 7.11 Å². The van der Waals surface area contributed by atoms with Crippen LogP contribution in [0.15, 0.2) is 41.1 Å². The summed E-state index contributed by atoms with van der Waals surface area (Å²) in [6, 6.07) is 7.30. The Morgan fingerprint density at radius 1 is 1.24 bits per heavy atom. The van der Waals surface area contributed by atoms with E-state index in [9.17, 15) is 9.59 Å². The van der Waals surface area contributed by atoms with Gasteiger partial charge in [0.1, 0.15) is 0 Å². The van der Waals surface area contributed by atoms with E-state index in [2.05, 4.69) is 0 Å². The molecule has 1 atom stereocenters. The summed E-state index contributed by atoms with van der Waals surface area (Å²) in [5.41, 5.74) is 4.62. The van der Waals surface area contributed by atoms with Crippen molar-refractivity contribution in [1.29, 1.82) is 0 Å². The van der Waals surface area contributed by atoms with Crippen LogP contribution in [0.1, 0.15) is 36.7 Å². The minimum Gasteiger partial charge on any atom is -0.465 e. The summed E-state index contributed by atoms with van der Waals surface area (Å²) in [5.74, 6) is -0.755. The monoisotopic (exact) mass is 488 g/mol. The fraction of sp³-hybridized carbons (Fsp3) is 0.360. The van der Waals surface area contributed by atoms with Crippen LogP contribution in [0.3, 0.4) is 0 Å². The van der Waals surface area contributed by atoms with E-state index >= 15 is 0 Å². The van der Waals surface area contributed by atoms with Crippen molar-refractivity contribution in [1.82, 2.24) is 9.47 Å². The van der Waals surface area contributed by atoms with Gasteiger partial charge in [0.05, 0.1) is 41.6 Å². The Labute approximate surface area is 203 Å². The Bertz CT molecular complexity index is 1190. The molecule has 0 saturated carbocycles. The number of halogens is 2. The molecule has 1 fully saturated rings. The number of aryl methyl sites for hydroxylation is 1. The number of amides is 1. The zero-order valence-corrected chi connectivity index (χ0v) is 20.6. The van der Waals surface area contributed by atoms with Crippen LogP contribution >= 0.6 is 23.2 Å². The highest BCUT2D eigenvalue weighted by atomic mass is 35.5. The quantitative estimate of drug-likeness (QED) is 0.425. The van der Waals surface area contributed by atoms with E-state index < -0.39 is 5.97 Å². The lowest BCUT2D eigenvalue weighted by atomic mass is 10.0. The smallest absolute Gasteiger partial charge is 0.340 e. The summed E-state index contributed by atoms with van der Waals surface area (Å²) in [7, 11) is 1.32. The van der Waals surface area contributed by atoms with Crippen molar-refractivity contribution >= 4 is 41.2 Å². The predicted octanol–water partition coefficient (Wildman–Crippen LogP) is 5.25. The lowest BCUT2D eigenvalue weighted by molar-refractivity contribution is -0.136. The van der Waals surface area contributed by atoms with Gasteiger partial charge in [-0.3, -0.25) is 4.79 Å². The van der Waals surface area contributed by atoms with Crippen LogP contribution in [0.5, 0.6) is 0 Å². The first kappa shape index (κ1) is 23.6. The number of rotatable bonds is 5. The fourth-order valence-corrected chi connectivity index (χ4v) is 5.06. The molecule has 0 N–H and O–H groups in total. The molecule has 2 aliphatic rings. The molecule has 33 heavy (non-hydrogen) atoms. The molecule has 2 aromatic rings. The number of aromatic nitrogens is 1. The highest BCUT2D eigenvalue weighted by Gasteiger charge is 2.38. The molecule has 1 saturated heterocycles. The topological polar surface area (TPSA) is 60.8 Å². The Balaban J connectivity index is 1.77. The molecular weight excluding hydrogens is 463 g/mol. The number of methoxy groups -OCH3 is 1. The highest BCUT2D eigenvalue weighted by molar-refractivity contribution is 6.35. The van der Waals surface area contributed by atoms with E-state index in [0.29, 0.717) is 34.5 Å². The first-order valence-corrected chi connectivity index (χ1v) is 11.6. The molecule has 1 aromatic heterocycles. The maximum atomic E-state index is 13.4. The first-order chi connectivity index (χ1) is 15.7. The number of nitrogens with zero attached hydrogens (tertiary/aromatic N) is 2. The summed E-state index contributed by atoms with van der Waals surface area (Å²) >= 11 is 12.5. The van der Waals surface area contributed by atoms with E-state index in [4.69, 9.17) is 32.7 Å². The molecule has 0 spiro atoms. The van der Waals surface area contributed by atoms with Gasteiger partial charge in [-0.15, -0.1) is 0 Å². The van der Waals surface area contributed by atoms with Crippen LogP contribution in [0, 0.1) is 13.8 Å². The molecule has 174 valence electrons. The third-order valence-electron chi connectivity index (χ3n) is 6.23. The standard InChI is InChI=1S/C25H26Cl2N2O4/c1-14-10-17(15(2)29(14)22-8-7-18(26)12-21(22)27)11-20-23(25(31)32-4)16(3)28(24(20)30)13-19-6-5-9-33-19/h7-8,10-12,19H,5-6,9,13H2,1-4H3/b20-11-/t19-/m1/s1. The average molecular weight is 489 g/mol. The van der Waals surface area contributed by atoms with Gasteiger partial charge >= 0.3 is 5.97 Å². The molecule has 4 rings (SSSR count). The second kappa shape index (κ2) is 9.37. The van der Waals surface area contributed by atoms with Gasteiger partial charge in [-0.05, 0) is 69.5 Å². The third kappa shape index (κ3) is 4.35. The Hall–Kier alpha value is -2.54. The van der Waals surface area contributed by atoms with Gasteiger partial charge in [-0.1, -0.05) is 23.2 Å². The molecular formula is C25H26Cl2N2O4. The van der Waals surface area contributed by atoms with Crippen LogP contribution in [0.25, 0.3) is 11.8 Å². The number of allylic oxidation sites excluding steroid dienone is 1. The SMILES string of the molecule is COC(=O)C1=C(C)N(C[C@H]2CCCO2)C(=O)/C1=C\c1cc(C)n(-c2ccc(Cl)cc2Cl)c1C. The number of hydrogen-bond acceptors (Lipinski definition) is 4. The number of esters is 1. The van der Waals surface area contributed by atoms with Gasteiger partial charge in [0.2, 0.25) is 0 Å². The van der Waals surface area contributed by atoms with E-state index in [1.54, 1.807) is 30.0 Å². The predicted molar refractivity (Wildman–Crippen MR) is 129 cm³/mol. The van der Waals surface area contributed by atoms with Crippen LogP contribution < -0.4 is 0 Å². The summed E-state index contributed by atoms with van der Waals surface area (Å²) in [4.78, 5) is 27.7. The van der Waals surface area contributed by atoms with Crippen molar-refractivity contribution in [2.24, 2.45) is 0 Å². The normalized spacial score (nSPS) is 19.8. The molecule has 0 unspecified atom stereocenters. The van der Waals surface area contributed by atoms with Crippen molar-refractivity contribution in [2.75, 3.05) is 20.3 Å². The largest absolute Gasteiger partial charge is 0.465 e. The van der Waals surface area contributed by atoms with Gasteiger partial charge in [0.15, 0.2) is 0 Å². The second-order valence-electron chi connectivity index (χ2n) is 8.32. The number of ether oxygens (including phenoxy) is 2. The van der Waals surface area contributed by atoms with Crippen LogP contribution in [-0.4, -0.2) is 47.7 Å². The Morgan fingerprint density at radius 2 is 2.00 bits per heavy atom. The van der Waals surface area contributed by atoms with Gasteiger partial charge in [-0.25, -0.2) is 4.79 Å².